The molecule has 0 spiro atoms. The third-order valence-electron chi connectivity index (χ3n) is 2.51. The molecular formula is C13H7BrF4N2O. The largest absolute Gasteiger partial charge is 0.433 e. The minimum absolute atomic E-state index is 0.0231. The lowest BCUT2D eigenvalue weighted by molar-refractivity contribution is -0.141. The maximum absolute atomic E-state index is 13.3. The number of alkyl halides is 3. The summed E-state index contributed by atoms with van der Waals surface area (Å²) in [6, 6.07) is 5.71. The van der Waals surface area contributed by atoms with Crippen LogP contribution in [0.1, 0.15) is 16.1 Å². The van der Waals surface area contributed by atoms with Crippen LogP contribution in [0.2, 0.25) is 0 Å². The maximum atomic E-state index is 13.3. The van der Waals surface area contributed by atoms with Crippen LogP contribution in [0.5, 0.6) is 0 Å². The highest BCUT2D eigenvalue weighted by molar-refractivity contribution is 9.10. The number of amides is 1. The topological polar surface area (TPSA) is 42.0 Å². The van der Waals surface area contributed by atoms with Crippen molar-refractivity contribution in [2.45, 2.75) is 6.18 Å². The molecule has 2 rings (SSSR count). The molecule has 1 aromatic heterocycles. The number of anilines is 1. The molecule has 0 saturated carbocycles. The first kappa shape index (κ1) is 15.4. The van der Waals surface area contributed by atoms with Crippen LogP contribution >= 0.6 is 15.9 Å². The van der Waals surface area contributed by atoms with E-state index in [1.165, 1.54) is 18.2 Å². The quantitative estimate of drug-likeness (QED) is 0.811. The summed E-state index contributed by atoms with van der Waals surface area (Å²) in [5.74, 6) is -1.28. The molecule has 0 unspecified atom stereocenters. The number of nitrogens with one attached hydrogen (secondary N) is 1. The Kier molecular flexibility index (Phi) is 4.26. The van der Waals surface area contributed by atoms with Gasteiger partial charge in [-0.3, -0.25) is 4.79 Å². The van der Waals surface area contributed by atoms with Gasteiger partial charge in [-0.1, -0.05) is 6.07 Å². The molecule has 2 aromatic rings. The van der Waals surface area contributed by atoms with E-state index in [9.17, 15) is 22.4 Å². The fourth-order valence-corrected chi connectivity index (χ4v) is 1.96. The molecule has 3 nitrogen and oxygen atoms in total. The van der Waals surface area contributed by atoms with Gasteiger partial charge in [0.2, 0.25) is 0 Å². The van der Waals surface area contributed by atoms with Gasteiger partial charge >= 0.3 is 6.18 Å². The summed E-state index contributed by atoms with van der Waals surface area (Å²) in [4.78, 5) is 15.1. The molecule has 0 fully saturated rings. The van der Waals surface area contributed by atoms with Gasteiger partial charge in [0.15, 0.2) is 0 Å². The van der Waals surface area contributed by atoms with Crippen molar-refractivity contribution in [2.75, 3.05) is 5.32 Å². The molecular weight excluding hydrogens is 356 g/mol. The second-order valence-corrected chi connectivity index (χ2v) is 4.78. The van der Waals surface area contributed by atoms with E-state index in [2.05, 4.69) is 26.2 Å². The first-order chi connectivity index (χ1) is 9.79. The lowest BCUT2D eigenvalue weighted by atomic mass is 10.2. The van der Waals surface area contributed by atoms with Gasteiger partial charge in [-0.15, -0.1) is 0 Å². The van der Waals surface area contributed by atoms with Crippen molar-refractivity contribution in [1.29, 1.82) is 0 Å². The van der Waals surface area contributed by atoms with Crippen molar-refractivity contribution >= 4 is 27.5 Å². The molecule has 0 atom stereocenters. The van der Waals surface area contributed by atoms with Crippen LogP contribution in [-0.2, 0) is 6.18 Å². The zero-order valence-corrected chi connectivity index (χ0v) is 11.8. The fraction of sp³-hybridized carbons (Fsp3) is 0.0769. The van der Waals surface area contributed by atoms with Gasteiger partial charge in [-0.25, -0.2) is 9.37 Å². The third-order valence-corrected chi connectivity index (χ3v) is 3.31. The van der Waals surface area contributed by atoms with E-state index in [4.69, 9.17) is 0 Å². The lowest BCUT2D eigenvalue weighted by Crippen LogP contribution is -2.14. The molecule has 0 bridgehead atoms. The Bertz CT molecular complexity index is 671. The third kappa shape index (κ3) is 3.57. The van der Waals surface area contributed by atoms with Crippen molar-refractivity contribution in [1.82, 2.24) is 4.98 Å². The number of aromatic nitrogens is 1. The first-order valence-corrected chi connectivity index (χ1v) is 6.37. The zero-order valence-electron chi connectivity index (χ0n) is 10.2. The number of rotatable bonds is 2. The molecule has 21 heavy (non-hydrogen) atoms. The van der Waals surface area contributed by atoms with Crippen LogP contribution in [0.15, 0.2) is 41.0 Å². The molecule has 0 aliphatic carbocycles. The molecule has 8 heteroatoms. The molecule has 0 saturated heterocycles. The molecule has 0 radical (unpaired) electrons. The monoisotopic (exact) mass is 362 g/mol. The average Bonchev–Trinajstić information content (AvgIpc) is 2.41. The summed E-state index contributed by atoms with van der Waals surface area (Å²) in [6.07, 6.45) is -3.66. The highest BCUT2D eigenvalue weighted by atomic mass is 79.9. The standard InChI is InChI=1S/C13H7BrF4N2O/c14-11-8(2-1-3-9(11)15)12(21)20-7-4-5-10(19-6-7)13(16,17)18/h1-6H,(H,20,21). The Labute approximate surface area is 125 Å². The molecule has 110 valence electrons. The highest BCUT2D eigenvalue weighted by Gasteiger charge is 2.32. The SMILES string of the molecule is O=C(Nc1ccc(C(F)(F)F)nc1)c1cccc(F)c1Br. The van der Waals surface area contributed by atoms with Gasteiger partial charge < -0.3 is 5.32 Å². The lowest BCUT2D eigenvalue weighted by Gasteiger charge is -2.09. The number of carbonyl (C=O) groups excluding carboxylic acids is 1. The molecule has 0 aliphatic rings. The van der Waals surface area contributed by atoms with Crippen LogP contribution in [-0.4, -0.2) is 10.9 Å². The Morgan fingerprint density at radius 2 is 1.90 bits per heavy atom. The van der Waals surface area contributed by atoms with E-state index in [0.717, 1.165) is 18.3 Å². The van der Waals surface area contributed by atoms with Gasteiger partial charge in [0, 0.05) is 0 Å². The Morgan fingerprint density at radius 1 is 1.19 bits per heavy atom. The number of hydrogen-bond donors (Lipinski definition) is 1. The summed E-state index contributed by atoms with van der Waals surface area (Å²) < 4.78 is 50.3. The molecule has 1 aromatic carbocycles. The number of pyridine rings is 1. The van der Waals surface area contributed by atoms with Crippen molar-refractivity contribution in [3.63, 3.8) is 0 Å². The second-order valence-electron chi connectivity index (χ2n) is 3.99. The smallest absolute Gasteiger partial charge is 0.321 e. The van der Waals surface area contributed by atoms with Crippen LogP contribution in [0.4, 0.5) is 23.2 Å². The average molecular weight is 363 g/mol. The molecule has 1 amide bonds. The maximum Gasteiger partial charge on any atom is 0.433 e. The van der Waals surface area contributed by atoms with Crippen LogP contribution in [0, 0.1) is 5.82 Å². The predicted octanol–water partition coefficient (Wildman–Crippen LogP) is 4.25. The Hall–Kier alpha value is -1.96. The van der Waals surface area contributed by atoms with E-state index in [1.807, 2.05) is 0 Å². The molecule has 0 aliphatic heterocycles. The Balaban J connectivity index is 2.18. The number of hydrogen-bond acceptors (Lipinski definition) is 2. The summed E-state index contributed by atoms with van der Waals surface area (Å²) in [5, 5.41) is 2.34. The van der Waals surface area contributed by atoms with Gasteiger partial charge in [0.25, 0.3) is 5.91 Å². The van der Waals surface area contributed by atoms with E-state index in [1.54, 1.807) is 0 Å². The predicted molar refractivity (Wildman–Crippen MR) is 71.3 cm³/mol. The van der Waals surface area contributed by atoms with Crippen LogP contribution < -0.4 is 5.32 Å². The van der Waals surface area contributed by atoms with Gasteiger partial charge in [0.1, 0.15) is 11.5 Å². The molecule has 1 N–H and O–H groups in total. The fourth-order valence-electron chi connectivity index (χ4n) is 1.51. The highest BCUT2D eigenvalue weighted by Crippen LogP contribution is 2.28. The summed E-state index contributed by atoms with van der Waals surface area (Å²) >= 11 is 2.93. The number of halogens is 5. The summed E-state index contributed by atoms with van der Waals surface area (Å²) in [7, 11) is 0. The van der Waals surface area contributed by atoms with Crippen molar-refractivity contribution < 1.29 is 22.4 Å². The molecule has 1 heterocycles. The van der Waals surface area contributed by atoms with Crippen LogP contribution in [0.25, 0.3) is 0 Å². The van der Waals surface area contributed by atoms with Gasteiger partial charge in [-0.05, 0) is 40.2 Å². The normalized spacial score (nSPS) is 11.3. The number of benzene rings is 1. The van der Waals surface area contributed by atoms with Gasteiger partial charge in [0.05, 0.1) is 21.9 Å². The summed E-state index contributed by atoms with van der Waals surface area (Å²) in [6.45, 7) is 0. The van der Waals surface area contributed by atoms with E-state index < -0.39 is 23.6 Å². The minimum Gasteiger partial charge on any atom is -0.321 e. The van der Waals surface area contributed by atoms with Crippen molar-refractivity contribution in [3.8, 4) is 0 Å². The van der Waals surface area contributed by atoms with Crippen molar-refractivity contribution in [3.05, 3.63) is 58.1 Å². The number of nitrogens with zero attached hydrogens (tertiary/aromatic N) is 1. The van der Waals surface area contributed by atoms with Crippen LogP contribution in [0.3, 0.4) is 0 Å². The van der Waals surface area contributed by atoms with E-state index in [0.29, 0.717) is 0 Å². The minimum atomic E-state index is -4.55. The second kappa shape index (κ2) is 5.80. The van der Waals surface area contributed by atoms with E-state index in [-0.39, 0.29) is 15.7 Å². The Morgan fingerprint density at radius 3 is 2.48 bits per heavy atom. The van der Waals surface area contributed by atoms with Crippen molar-refractivity contribution in [2.24, 2.45) is 0 Å². The van der Waals surface area contributed by atoms with Gasteiger partial charge in [-0.2, -0.15) is 13.2 Å². The zero-order chi connectivity index (χ0) is 15.6. The first-order valence-electron chi connectivity index (χ1n) is 5.57. The summed E-state index contributed by atoms with van der Waals surface area (Å²) in [5.41, 5.74) is -0.966. The van der Waals surface area contributed by atoms with E-state index >= 15 is 0 Å². The number of carbonyl (C=O) groups is 1.